The zero-order valence-electron chi connectivity index (χ0n) is 21.8. The van der Waals surface area contributed by atoms with Crippen LogP contribution in [0.4, 0.5) is 0 Å². The van der Waals surface area contributed by atoms with E-state index >= 15 is 0 Å². The van der Waals surface area contributed by atoms with Gasteiger partial charge in [-0.1, -0.05) is 24.1 Å². The Balaban J connectivity index is 1.44. The second kappa shape index (κ2) is 12.6. The van der Waals surface area contributed by atoms with E-state index in [1.165, 1.54) is 6.26 Å². The van der Waals surface area contributed by atoms with Crippen molar-refractivity contribution in [3.8, 4) is 46.0 Å². The average molecular weight is 551 g/mol. The summed E-state index contributed by atoms with van der Waals surface area (Å²) in [6.45, 7) is 2.34. The summed E-state index contributed by atoms with van der Waals surface area (Å²) >= 11 is 0. The first-order chi connectivity index (χ1) is 18.7. The minimum absolute atomic E-state index is 0.0466. The maximum atomic E-state index is 11.3. The van der Waals surface area contributed by atoms with Gasteiger partial charge in [0.25, 0.3) is 0 Å². The van der Waals surface area contributed by atoms with Crippen molar-refractivity contribution in [2.24, 2.45) is 0 Å². The molecule has 3 aromatic rings. The lowest BCUT2D eigenvalue weighted by atomic mass is 9.96. The highest BCUT2D eigenvalue weighted by Gasteiger charge is 2.18. The summed E-state index contributed by atoms with van der Waals surface area (Å²) in [7, 11) is -3.03. The van der Waals surface area contributed by atoms with Gasteiger partial charge in [-0.25, -0.2) is 8.42 Å². The van der Waals surface area contributed by atoms with Gasteiger partial charge in [0.1, 0.15) is 39.4 Å². The Hall–Kier alpha value is -4.16. The second-order valence-electron chi connectivity index (χ2n) is 9.13. The van der Waals surface area contributed by atoms with Crippen LogP contribution in [0.3, 0.4) is 0 Å². The zero-order chi connectivity index (χ0) is 27.8. The van der Waals surface area contributed by atoms with E-state index in [1.54, 1.807) is 13.0 Å². The average Bonchev–Trinajstić information content (AvgIpc) is 3.08. The number of carboxylic acid groups (broad SMARTS) is 1. The van der Waals surface area contributed by atoms with Gasteiger partial charge in [-0.05, 0) is 60.9 Å². The van der Waals surface area contributed by atoms with E-state index in [9.17, 15) is 13.2 Å². The van der Waals surface area contributed by atoms with Crippen molar-refractivity contribution in [1.82, 2.24) is 0 Å². The van der Waals surface area contributed by atoms with Crippen molar-refractivity contribution in [3.63, 3.8) is 0 Å². The Bertz CT molecular complexity index is 1480. The summed E-state index contributed by atoms with van der Waals surface area (Å²) in [5.41, 5.74) is 3.46. The fourth-order valence-electron chi connectivity index (χ4n) is 4.17. The lowest BCUT2D eigenvalue weighted by molar-refractivity contribution is -0.137. The molecule has 0 saturated heterocycles. The Kier molecular flexibility index (Phi) is 8.99. The van der Waals surface area contributed by atoms with Crippen molar-refractivity contribution in [1.29, 1.82) is 0 Å². The zero-order valence-corrected chi connectivity index (χ0v) is 22.6. The molecule has 0 unspecified atom stereocenters. The lowest BCUT2D eigenvalue weighted by Gasteiger charge is -2.13. The van der Waals surface area contributed by atoms with Gasteiger partial charge in [0.2, 0.25) is 6.79 Å². The van der Waals surface area contributed by atoms with Crippen LogP contribution in [0.1, 0.15) is 36.8 Å². The first-order valence-electron chi connectivity index (χ1n) is 12.4. The first kappa shape index (κ1) is 27.9. The van der Waals surface area contributed by atoms with Crippen molar-refractivity contribution in [3.05, 3.63) is 71.8 Å². The van der Waals surface area contributed by atoms with Gasteiger partial charge in [0.05, 0.1) is 24.7 Å². The molecular formula is C30H30O8S. The number of aliphatic carboxylic acids is 1. The number of hydrogen-bond acceptors (Lipinski definition) is 7. The topological polar surface area (TPSA) is 108 Å². The fourth-order valence-corrected chi connectivity index (χ4v) is 4.81. The van der Waals surface area contributed by atoms with Crippen LogP contribution in [0.2, 0.25) is 0 Å². The smallest absolute Gasteiger partial charge is 0.304 e. The van der Waals surface area contributed by atoms with Gasteiger partial charge in [0.15, 0.2) is 0 Å². The SMILES string of the molecule is CC#C[C@@H](CC(=O)O)c1ccc(OCc2ccc3c(c2)-c2ccc(OCCCS(C)(=O)=O)cc2OCO3)cc1. The highest BCUT2D eigenvalue weighted by atomic mass is 32.2. The molecule has 1 N–H and O–H groups in total. The molecule has 0 aromatic heterocycles. The van der Waals surface area contributed by atoms with E-state index in [0.717, 1.165) is 22.3 Å². The quantitative estimate of drug-likeness (QED) is 0.261. The van der Waals surface area contributed by atoms with Gasteiger partial charge in [-0.3, -0.25) is 4.79 Å². The summed E-state index contributed by atoms with van der Waals surface area (Å²) in [5, 5.41) is 9.15. The van der Waals surface area contributed by atoms with E-state index in [-0.39, 0.29) is 31.5 Å². The normalized spacial score (nSPS) is 12.8. The van der Waals surface area contributed by atoms with E-state index < -0.39 is 15.8 Å². The van der Waals surface area contributed by atoms with Crippen LogP contribution in [0, 0.1) is 11.8 Å². The van der Waals surface area contributed by atoms with E-state index in [4.69, 9.17) is 24.1 Å². The number of ether oxygens (including phenoxy) is 4. The molecule has 0 aliphatic carbocycles. The van der Waals surface area contributed by atoms with Crippen molar-refractivity contribution < 1.29 is 37.3 Å². The molecule has 0 saturated carbocycles. The standard InChI is InChI=1S/C30H30O8S/c1-3-5-23(17-30(31)32)22-7-9-24(10-8-22)36-19-21-6-13-28-27(16-21)26-12-11-25(18-29(26)38-20-37-28)35-14-4-15-39(2,33)34/h6-13,16,18,23H,4,14-15,17,19-20H2,1-2H3,(H,31,32)/t23-/m0/s1. The Labute approximate surface area is 228 Å². The molecule has 9 heteroatoms. The monoisotopic (exact) mass is 550 g/mol. The third-order valence-corrected chi connectivity index (χ3v) is 7.06. The molecule has 0 spiro atoms. The minimum atomic E-state index is -3.03. The third kappa shape index (κ3) is 7.91. The Morgan fingerprint density at radius 1 is 0.974 bits per heavy atom. The van der Waals surface area contributed by atoms with Crippen LogP contribution in [-0.4, -0.2) is 44.9 Å². The number of carboxylic acids is 1. The maximum absolute atomic E-state index is 11.3. The largest absolute Gasteiger partial charge is 0.493 e. The number of benzene rings is 3. The molecule has 1 atom stereocenters. The minimum Gasteiger partial charge on any atom is -0.493 e. The Morgan fingerprint density at radius 2 is 1.72 bits per heavy atom. The number of carbonyl (C=O) groups is 1. The number of hydrogen-bond donors (Lipinski definition) is 1. The van der Waals surface area contributed by atoms with E-state index in [2.05, 4.69) is 11.8 Å². The van der Waals surface area contributed by atoms with E-state index in [1.807, 2.05) is 54.6 Å². The summed E-state index contributed by atoms with van der Waals surface area (Å²) in [4.78, 5) is 11.2. The van der Waals surface area contributed by atoms with Crippen LogP contribution >= 0.6 is 0 Å². The maximum Gasteiger partial charge on any atom is 0.304 e. The molecule has 3 aromatic carbocycles. The summed E-state index contributed by atoms with van der Waals surface area (Å²) in [6.07, 6.45) is 1.56. The molecule has 204 valence electrons. The highest BCUT2D eigenvalue weighted by molar-refractivity contribution is 7.90. The Morgan fingerprint density at radius 3 is 2.44 bits per heavy atom. The predicted octanol–water partition coefficient (Wildman–Crippen LogP) is 5.06. The first-order valence-corrected chi connectivity index (χ1v) is 14.5. The van der Waals surface area contributed by atoms with E-state index in [0.29, 0.717) is 36.0 Å². The number of rotatable bonds is 11. The molecular weight excluding hydrogens is 520 g/mol. The van der Waals surface area contributed by atoms with Crippen molar-refractivity contribution >= 4 is 15.8 Å². The second-order valence-corrected chi connectivity index (χ2v) is 11.4. The number of sulfone groups is 1. The predicted molar refractivity (Wildman–Crippen MR) is 147 cm³/mol. The molecule has 1 aliphatic heterocycles. The molecule has 0 fully saturated rings. The van der Waals surface area contributed by atoms with Crippen LogP contribution < -0.4 is 18.9 Å². The fraction of sp³-hybridized carbons (Fsp3) is 0.300. The van der Waals surface area contributed by atoms with Gasteiger partial charge in [-0.2, -0.15) is 0 Å². The molecule has 0 amide bonds. The molecule has 1 heterocycles. The van der Waals surface area contributed by atoms with Gasteiger partial charge >= 0.3 is 5.97 Å². The van der Waals surface area contributed by atoms with Crippen LogP contribution in [0.15, 0.2) is 60.7 Å². The summed E-state index contributed by atoms with van der Waals surface area (Å²) < 4.78 is 45.9. The molecule has 4 rings (SSSR count). The molecule has 39 heavy (non-hydrogen) atoms. The highest BCUT2D eigenvalue weighted by Crippen LogP contribution is 2.41. The van der Waals surface area contributed by atoms with Crippen molar-refractivity contribution in [2.45, 2.75) is 32.3 Å². The van der Waals surface area contributed by atoms with Crippen molar-refractivity contribution in [2.75, 3.05) is 25.4 Å². The summed E-state index contributed by atoms with van der Waals surface area (Å²) in [6, 6.07) is 18.6. The third-order valence-electron chi connectivity index (χ3n) is 6.03. The van der Waals surface area contributed by atoms with Crippen LogP contribution in [0.5, 0.6) is 23.0 Å². The molecule has 8 nitrogen and oxygen atoms in total. The molecule has 0 bridgehead atoms. The number of fused-ring (bicyclic) bond motifs is 3. The van der Waals surface area contributed by atoms with Gasteiger partial charge in [0, 0.05) is 23.4 Å². The van der Waals surface area contributed by atoms with Gasteiger partial charge < -0.3 is 24.1 Å². The summed E-state index contributed by atoms with van der Waals surface area (Å²) in [5.74, 6) is 7.09. The van der Waals surface area contributed by atoms with Crippen LogP contribution in [0.25, 0.3) is 11.1 Å². The molecule has 0 radical (unpaired) electrons. The molecule has 1 aliphatic rings. The lowest BCUT2D eigenvalue weighted by Crippen LogP contribution is -2.08. The van der Waals surface area contributed by atoms with Gasteiger partial charge in [-0.15, -0.1) is 5.92 Å². The van der Waals surface area contributed by atoms with Crippen LogP contribution in [-0.2, 0) is 21.2 Å².